The monoisotopic (exact) mass is 201 g/mol. The number of carboxylic acid groups (broad SMARTS) is 1. The lowest BCUT2D eigenvalue weighted by Crippen LogP contribution is -2.29. The summed E-state index contributed by atoms with van der Waals surface area (Å²) in [6, 6.07) is 0. The maximum Gasteiger partial charge on any atom is 0.307 e. The predicted molar refractivity (Wildman–Crippen MR) is 48.5 cm³/mol. The molecule has 0 aromatic rings. The van der Waals surface area contributed by atoms with Gasteiger partial charge in [-0.05, 0) is 5.41 Å². The van der Waals surface area contributed by atoms with Crippen LogP contribution in [0.25, 0.3) is 0 Å². The third-order valence-corrected chi connectivity index (χ3v) is 2.79. The summed E-state index contributed by atoms with van der Waals surface area (Å²) in [7, 11) is 0. The molecular formula is C9H15NO4. The van der Waals surface area contributed by atoms with Crippen LogP contribution < -0.4 is 5.32 Å². The molecule has 1 aliphatic rings. The number of aliphatic hydroxyl groups is 1. The Bertz CT molecular complexity index is 262. The van der Waals surface area contributed by atoms with Crippen LogP contribution in [-0.2, 0) is 9.59 Å². The molecule has 5 heteroatoms. The van der Waals surface area contributed by atoms with E-state index in [0.29, 0.717) is 0 Å². The third kappa shape index (κ3) is 1.72. The van der Waals surface area contributed by atoms with Gasteiger partial charge in [-0.15, -0.1) is 0 Å². The lowest BCUT2D eigenvalue weighted by molar-refractivity contribution is -0.140. The van der Waals surface area contributed by atoms with Crippen molar-refractivity contribution in [2.24, 2.45) is 17.3 Å². The fraction of sp³-hybridized carbons (Fsp3) is 0.778. The van der Waals surface area contributed by atoms with Crippen LogP contribution in [0.15, 0.2) is 0 Å². The minimum absolute atomic E-state index is 0.128. The van der Waals surface area contributed by atoms with Gasteiger partial charge >= 0.3 is 5.97 Å². The number of aliphatic carboxylic acids is 1. The highest BCUT2D eigenvalue weighted by Crippen LogP contribution is 2.58. The second kappa shape index (κ2) is 3.57. The number of rotatable bonds is 4. The van der Waals surface area contributed by atoms with E-state index in [0.717, 1.165) is 0 Å². The lowest BCUT2D eigenvalue weighted by Gasteiger charge is -2.03. The first kappa shape index (κ1) is 11.0. The Morgan fingerprint density at radius 2 is 1.93 bits per heavy atom. The summed E-state index contributed by atoms with van der Waals surface area (Å²) in [4.78, 5) is 22.1. The quantitative estimate of drug-likeness (QED) is 0.569. The van der Waals surface area contributed by atoms with Crippen LogP contribution in [0.1, 0.15) is 13.8 Å². The number of carbonyl (C=O) groups is 2. The first-order chi connectivity index (χ1) is 6.42. The average Bonchev–Trinajstić information content (AvgIpc) is 2.65. The molecule has 0 aliphatic heterocycles. The number of aliphatic hydroxyl groups excluding tert-OH is 1. The van der Waals surface area contributed by atoms with Gasteiger partial charge in [-0.1, -0.05) is 13.8 Å². The molecule has 0 aromatic heterocycles. The maximum atomic E-state index is 11.4. The van der Waals surface area contributed by atoms with E-state index in [4.69, 9.17) is 10.2 Å². The van der Waals surface area contributed by atoms with Crippen molar-refractivity contribution in [3.8, 4) is 0 Å². The summed E-state index contributed by atoms with van der Waals surface area (Å²) < 4.78 is 0. The van der Waals surface area contributed by atoms with E-state index >= 15 is 0 Å². The highest BCUT2D eigenvalue weighted by atomic mass is 16.4. The van der Waals surface area contributed by atoms with Crippen molar-refractivity contribution in [1.82, 2.24) is 5.32 Å². The van der Waals surface area contributed by atoms with Gasteiger partial charge in [0.05, 0.1) is 18.4 Å². The SMILES string of the molecule is CC1(C)C(C(=O)O)C1C(=O)NCCO. The largest absolute Gasteiger partial charge is 0.481 e. The van der Waals surface area contributed by atoms with E-state index in [1.165, 1.54) is 0 Å². The molecule has 0 radical (unpaired) electrons. The van der Waals surface area contributed by atoms with Gasteiger partial charge in [0, 0.05) is 6.54 Å². The summed E-state index contributed by atoms with van der Waals surface area (Å²) in [6.07, 6.45) is 0. The topological polar surface area (TPSA) is 86.6 Å². The zero-order chi connectivity index (χ0) is 10.9. The second-order valence-corrected chi connectivity index (χ2v) is 4.13. The van der Waals surface area contributed by atoms with Crippen molar-refractivity contribution in [2.75, 3.05) is 13.2 Å². The molecular weight excluding hydrogens is 186 g/mol. The number of amides is 1. The van der Waals surface area contributed by atoms with Crippen molar-refractivity contribution >= 4 is 11.9 Å². The van der Waals surface area contributed by atoms with Crippen LogP contribution in [0.3, 0.4) is 0 Å². The summed E-state index contributed by atoms with van der Waals surface area (Å²) in [5, 5.41) is 19.8. The van der Waals surface area contributed by atoms with Crippen molar-refractivity contribution in [1.29, 1.82) is 0 Å². The van der Waals surface area contributed by atoms with E-state index in [2.05, 4.69) is 5.32 Å². The Hall–Kier alpha value is -1.10. The molecule has 2 unspecified atom stereocenters. The lowest BCUT2D eigenvalue weighted by atomic mass is 10.1. The Balaban J connectivity index is 2.55. The Morgan fingerprint density at radius 3 is 2.29 bits per heavy atom. The smallest absolute Gasteiger partial charge is 0.307 e. The van der Waals surface area contributed by atoms with Crippen LogP contribution in [0.4, 0.5) is 0 Å². The van der Waals surface area contributed by atoms with Crippen LogP contribution in [0.5, 0.6) is 0 Å². The standard InChI is InChI=1S/C9H15NO4/c1-9(2)5(6(9)8(13)14)7(12)10-3-4-11/h5-6,11H,3-4H2,1-2H3,(H,10,12)(H,13,14). The van der Waals surface area contributed by atoms with E-state index in [9.17, 15) is 9.59 Å². The van der Waals surface area contributed by atoms with Crippen molar-refractivity contribution in [2.45, 2.75) is 13.8 Å². The second-order valence-electron chi connectivity index (χ2n) is 4.13. The minimum atomic E-state index is -0.931. The Morgan fingerprint density at radius 1 is 1.36 bits per heavy atom. The molecule has 2 atom stereocenters. The average molecular weight is 201 g/mol. The normalized spacial score (nSPS) is 28.2. The summed E-state index contributed by atoms with van der Waals surface area (Å²) in [5.41, 5.74) is -0.467. The van der Waals surface area contributed by atoms with Gasteiger partial charge in [0.1, 0.15) is 0 Å². The van der Waals surface area contributed by atoms with Crippen molar-refractivity contribution in [3.05, 3.63) is 0 Å². The van der Waals surface area contributed by atoms with Gasteiger partial charge in [0.25, 0.3) is 0 Å². The van der Waals surface area contributed by atoms with E-state index in [1.807, 2.05) is 0 Å². The number of hydrogen-bond donors (Lipinski definition) is 3. The zero-order valence-electron chi connectivity index (χ0n) is 8.28. The molecule has 5 nitrogen and oxygen atoms in total. The van der Waals surface area contributed by atoms with E-state index in [1.54, 1.807) is 13.8 Å². The molecule has 1 amide bonds. The maximum absolute atomic E-state index is 11.4. The van der Waals surface area contributed by atoms with E-state index < -0.39 is 23.2 Å². The molecule has 1 fully saturated rings. The summed E-state index contributed by atoms with van der Waals surface area (Å²) >= 11 is 0. The van der Waals surface area contributed by atoms with Crippen LogP contribution >= 0.6 is 0 Å². The number of carbonyl (C=O) groups excluding carboxylic acids is 1. The van der Waals surface area contributed by atoms with Crippen LogP contribution in [0.2, 0.25) is 0 Å². The number of carboxylic acids is 1. The molecule has 1 saturated carbocycles. The van der Waals surface area contributed by atoms with Crippen molar-refractivity contribution < 1.29 is 19.8 Å². The fourth-order valence-electron chi connectivity index (χ4n) is 1.88. The van der Waals surface area contributed by atoms with Gasteiger partial charge in [0.2, 0.25) is 5.91 Å². The number of nitrogens with one attached hydrogen (secondary N) is 1. The first-order valence-electron chi connectivity index (χ1n) is 4.54. The van der Waals surface area contributed by atoms with Gasteiger partial charge in [0.15, 0.2) is 0 Å². The molecule has 0 bridgehead atoms. The molecule has 80 valence electrons. The van der Waals surface area contributed by atoms with Crippen LogP contribution in [-0.4, -0.2) is 35.2 Å². The molecule has 1 aliphatic carbocycles. The third-order valence-electron chi connectivity index (χ3n) is 2.79. The molecule has 0 spiro atoms. The van der Waals surface area contributed by atoms with Crippen LogP contribution in [0, 0.1) is 17.3 Å². The first-order valence-corrected chi connectivity index (χ1v) is 4.54. The molecule has 14 heavy (non-hydrogen) atoms. The minimum Gasteiger partial charge on any atom is -0.481 e. The van der Waals surface area contributed by atoms with Crippen molar-refractivity contribution in [3.63, 3.8) is 0 Å². The van der Waals surface area contributed by atoms with E-state index in [-0.39, 0.29) is 19.1 Å². The highest BCUT2D eigenvalue weighted by Gasteiger charge is 2.65. The Kier molecular flexibility index (Phi) is 2.80. The van der Waals surface area contributed by atoms with Gasteiger partial charge in [-0.25, -0.2) is 0 Å². The molecule has 3 N–H and O–H groups in total. The molecule has 0 heterocycles. The molecule has 0 aromatic carbocycles. The highest BCUT2D eigenvalue weighted by molar-refractivity contribution is 5.91. The number of hydrogen-bond acceptors (Lipinski definition) is 3. The zero-order valence-corrected chi connectivity index (χ0v) is 8.28. The summed E-state index contributed by atoms with van der Waals surface area (Å²) in [6.45, 7) is 3.57. The molecule has 1 rings (SSSR count). The Labute approximate surface area is 82.1 Å². The van der Waals surface area contributed by atoms with Gasteiger partial charge in [-0.2, -0.15) is 0 Å². The van der Waals surface area contributed by atoms with Gasteiger partial charge in [-0.3, -0.25) is 9.59 Å². The predicted octanol–water partition coefficient (Wildman–Crippen LogP) is -0.548. The fourth-order valence-corrected chi connectivity index (χ4v) is 1.88. The van der Waals surface area contributed by atoms with Gasteiger partial charge < -0.3 is 15.5 Å². The summed E-state index contributed by atoms with van der Waals surface area (Å²) in [5.74, 6) is -2.27. The molecule has 0 saturated heterocycles.